The van der Waals surface area contributed by atoms with Crippen LogP contribution >= 0.6 is 27.5 Å². The summed E-state index contributed by atoms with van der Waals surface area (Å²) >= 11 is 9.25. The van der Waals surface area contributed by atoms with Crippen LogP contribution in [0, 0.1) is 6.92 Å². The number of aromatic nitrogens is 4. The lowest BCUT2D eigenvalue weighted by Gasteiger charge is -2.04. The average Bonchev–Trinajstić information content (AvgIpc) is 2.35. The molecule has 7 heteroatoms. The van der Waals surface area contributed by atoms with Crippen molar-refractivity contribution in [3.05, 3.63) is 27.5 Å². The number of aryl methyl sites for hydroxylation is 1. The number of hydrogen-bond donors (Lipinski definition) is 0. The quantitative estimate of drug-likeness (QED) is 0.797. The summed E-state index contributed by atoms with van der Waals surface area (Å²) in [7, 11) is 1.53. The van der Waals surface area contributed by atoms with Crippen LogP contribution in [-0.2, 0) is 0 Å². The van der Waals surface area contributed by atoms with Crippen molar-refractivity contribution < 1.29 is 4.74 Å². The molecule has 5 nitrogen and oxygen atoms in total. The first-order valence-electron chi connectivity index (χ1n) is 4.69. The van der Waals surface area contributed by atoms with Gasteiger partial charge >= 0.3 is 0 Å². The third kappa shape index (κ3) is 2.53. The van der Waals surface area contributed by atoms with Gasteiger partial charge in [0.05, 0.1) is 17.3 Å². The molecule has 0 aliphatic heterocycles. The lowest BCUT2D eigenvalue weighted by molar-refractivity contribution is 0.392. The predicted octanol–water partition coefficient (Wildman–Crippen LogP) is 2.67. The van der Waals surface area contributed by atoms with Crippen molar-refractivity contribution in [2.75, 3.05) is 7.11 Å². The Hall–Kier alpha value is -1.27. The predicted molar refractivity (Wildman–Crippen MR) is 67.1 cm³/mol. The summed E-state index contributed by atoms with van der Waals surface area (Å²) in [5, 5.41) is 8.16. The molecule has 0 saturated heterocycles. The summed E-state index contributed by atoms with van der Waals surface area (Å²) in [6.45, 7) is 1.83. The summed E-state index contributed by atoms with van der Waals surface area (Å²) in [6.07, 6.45) is 0. The van der Waals surface area contributed by atoms with Crippen molar-refractivity contribution in [1.29, 1.82) is 0 Å². The van der Waals surface area contributed by atoms with Crippen molar-refractivity contribution in [2.45, 2.75) is 6.92 Å². The maximum atomic E-state index is 5.96. The second kappa shape index (κ2) is 4.93. The van der Waals surface area contributed by atoms with Gasteiger partial charge in [-0.25, -0.2) is 9.97 Å². The lowest BCUT2D eigenvalue weighted by atomic mass is 10.3. The van der Waals surface area contributed by atoms with Gasteiger partial charge in [-0.05, 0) is 28.9 Å². The van der Waals surface area contributed by atoms with Gasteiger partial charge in [-0.3, -0.25) is 0 Å². The first kappa shape index (κ1) is 12.2. The number of ether oxygens (including phenoxy) is 1. The molecule has 0 radical (unpaired) electrons. The van der Waals surface area contributed by atoms with Gasteiger partial charge in [0.1, 0.15) is 10.8 Å². The minimum Gasteiger partial charge on any atom is -0.480 e. The van der Waals surface area contributed by atoms with Gasteiger partial charge in [0.15, 0.2) is 5.82 Å². The van der Waals surface area contributed by atoms with Crippen molar-refractivity contribution in [2.24, 2.45) is 0 Å². The molecule has 0 saturated carbocycles. The van der Waals surface area contributed by atoms with Gasteiger partial charge < -0.3 is 4.74 Å². The Morgan fingerprint density at radius 3 is 2.53 bits per heavy atom. The molecule has 0 spiro atoms. The summed E-state index contributed by atoms with van der Waals surface area (Å²) in [5.74, 6) is 0.875. The van der Waals surface area contributed by atoms with E-state index in [4.69, 9.17) is 16.3 Å². The number of rotatable bonds is 2. The zero-order valence-electron chi connectivity index (χ0n) is 9.11. The van der Waals surface area contributed by atoms with E-state index in [2.05, 4.69) is 36.1 Å². The molecule has 2 aromatic heterocycles. The van der Waals surface area contributed by atoms with Gasteiger partial charge in [0.2, 0.25) is 5.88 Å². The second-order valence-corrected chi connectivity index (χ2v) is 4.35. The van der Waals surface area contributed by atoms with E-state index in [1.165, 1.54) is 7.11 Å². The molecule has 2 aromatic rings. The second-order valence-electron chi connectivity index (χ2n) is 3.20. The lowest BCUT2D eigenvalue weighted by Crippen LogP contribution is -1.98. The third-order valence-electron chi connectivity index (χ3n) is 2.05. The Labute approximate surface area is 111 Å². The first-order valence-corrected chi connectivity index (χ1v) is 5.86. The van der Waals surface area contributed by atoms with E-state index in [-0.39, 0.29) is 0 Å². The standard InChI is InChI=1S/C10H8BrClN4O/c1-5-8(11)9(12)14-10(13-5)6-3-4-7(17-2)16-15-6/h3-4H,1-2H3. The van der Waals surface area contributed by atoms with E-state index in [0.717, 1.165) is 5.69 Å². The molecule has 0 atom stereocenters. The monoisotopic (exact) mass is 314 g/mol. The largest absolute Gasteiger partial charge is 0.480 e. The van der Waals surface area contributed by atoms with Gasteiger partial charge in [0.25, 0.3) is 0 Å². The highest BCUT2D eigenvalue weighted by atomic mass is 79.9. The Balaban J connectivity index is 2.45. The molecule has 0 unspecified atom stereocenters. The molecule has 0 aliphatic carbocycles. The molecule has 0 bridgehead atoms. The molecule has 0 aromatic carbocycles. The number of halogens is 2. The fourth-order valence-electron chi connectivity index (χ4n) is 1.19. The fourth-order valence-corrected chi connectivity index (χ4v) is 1.58. The fraction of sp³-hybridized carbons (Fsp3) is 0.200. The number of nitrogens with zero attached hydrogens (tertiary/aromatic N) is 4. The molecule has 2 rings (SSSR count). The zero-order chi connectivity index (χ0) is 12.4. The van der Waals surface area contributed by atoms with Crippen LogP contribution in [0.5, 0.6) is 5.88 Å². The Bertz CT molecular complexity index is 523. The van der Waals surface area contributed by atoms with Gasteiger partial charge in [-0.1, -0.05) is 11.6 Å². The van der Waals surface area contributed by atoms with Gasteiger partial charge in [0, 0.05) is 6.07 Å². The number of methoxy groups -OCH3 is 1. The first-order chi connectivity index (χ1) is 8.11. The van der Waals surface area contributed by atoms with E-state index in [0.29, 0.717) is 27.0 Å². The Kier molecular flexibility index (Phi) is 3.54. The molecular weight excluding hydrogens is 307 g/mol. The van der Waals surface area contributed by atoms with Crippen molar-refractivity contribution in [3.8, 4) is 17.4 Å². The SMILES string of the molecule is COc1ccc(-c2nc(C)c(Br)c(Cl)n2)nn1. The summed E-state index contributed by atoms with van der Waals surface area (Å²) in [6, 6.07) is 3.42. The average molecular weight is 316 g/mol. The Morgan fingerprint density at radius 2 is 2.00 bits per heavy atom. The Morgan fingerprint density at radius 1 is 1.24 bits per heavy atom. The van der Waals surface area contributed by atoms with Gasteiger partial charge in [-0.15, -0.1) is 10.2 Å². The van der Waals surface area contributed by atoms with Crippen molar-refractivity contribution >= 4 is 27.5 Å². The summed E-state index contributed by atoms with van der Waals surface area (Å²) < 4.78 is 5.61. The highest BCUT2D eigenvalue weighted by Gasteiger charge is 2.10. The van der Waals surface area contributed by atoms with E-state index in [1.54, 1.807) is 12.1 Å². The smallest absolute Gasteiger partial charge is 0.233 e. The maximum Gasteiger partial charge on any atom is 0.233 e. The molecule has 0 N–H and O–H groups in total. The molecule has 2 heterocycles. The molecule has 88 valence electrons. The van der Waals surface area contributed by atoms with Crippen LogP contribution in [0.2, 0.25) is 5.15 Å². The van der Waals surface area contributed by atoms with E-state index >= 15 is 0 Å². The summed E-state index contributed by atoms with van der Waals surface area (Å²) in [4.78, 5) is 8.40. The minimum atomic E-state index is 0.352. The van der Waals surface area contributed by atoms with Crippen LogP contribution in [0.15, 0.2) is 16.6 Å². The van der Waals surface area contributed by atoms with Crippen LogP contribution in [0.4, 0.5) is 0 Å². The molecule has 17 heavy (non-hydrogen) atoms. The summed E-state index contributed by atoms with van der Waals surface area (Å²) in [5.41, 5.74) is 1.29. The molecule has 0 amide bonds. The van der Waals surface area contributed by atoms with Crippen molar-refractivity contribution in [1.82, 2.24) is 20.2 Å². The minimum absolute atomic E-state index is 0.352. The number of hydrogen-bond acceptors (Lipinski definition) is 5. The normalized spacial score (nSPS) is 10.4. The van der Waals surface area contributed by atoms with Gasteiger partial charge in [-0.2, -0.15) is 0 Å². The van der Waals surface area contributed by atoms with Crippen molar-refractivity contribution in [3.63, 3.8) is 0 Å². The van der Waals surface area contributed by atoms with Crippen LogP contribution in [-0.4, -0.2) is 27.3 Å². The van der Waals surface area contributed by atoms with E-state index in [9.17, 15) is 0 Å². The van der Waals surface area contributed by atoms with Crippen LogP contribution in [0.3, 0.4) is 0 Å². The molecule has 0 aliphatic rings. The third-order valence-corrected chi connectivity index (χ3v) is 3.51. The topological polar surface area (TPSA) is 60.8 Å². The molecular formula is C10H8BrClN4O. The van der Waals surface area contributed by atoms with Crippen LogP contribution < -0.4 is 4.74 Å². The van der Waals surface area contributed by atoms with Crippen LogP contribution in [0.25, 0.3) is 11.5 Å². The maximum absolute atomic E-state index is 5.96. The zero-order valence-corrected chi connectivity index (χ0v) is 11.4. The van der Waals surface area contributed by atoms with E-state index in [1.807, 2.05) is 6.92 Å². The highest BCUT2D eigenvalue weighted by Crippen LogP contribution is 2.25. The van der Waals surface area contributed by atoms with E-state index < -0.39 is 0 Å². The van der Waals surface area contributed by atoms with Crippen LogP contribution in [0.1, 0.15) is 5.69 Å². The molecule has 0 fully saturated rings. The highest BCUT2D eigenvalue weighted by molar-refractivity contribution is 9.10.